The Balaban J connectivity index is 0.000000640. The van der Waals surface area contributed by atoms with Gasteiger partial charge in [-0.25, -0.2) is 0 Å². The summed E-state index contributed by atoms with van der Waals surface area (Å²) in [4.78, 5) is 0. The van der Waals surface area contributed by atoms with Crippen molar-refractivity contribution in [2.24, 2.45) is 0 Å². The maximum Gasteiger partial charge on any atom is 0.0314 e. The zero-order chi connectivity index (χ0) is 5.98. The van der Waals surface area contributed by atoms with Crippen molar-refractivity contribution in [1.29, 1.82) is 0 Å². The van der Waals surface area contributed by atoms with Crippen molar-refractivity contribution in [1.82, 2.24) is 0 Å². The third-order valence-corrected chi connectivity index (χ3v) is 1.08. The third-order valence-electron chi connectivity index (χ3n) is 1.08. The van der Waals surface area contributed by atoms with Gasteiger partial charge in [0.15, 0.2) is 0 Å². The molecular weight excluding hydrogens is 130 g/mol. The van der Waals surface area contributed by atoms with E-state index in [-0.39, 0.29) is 13.5 Å². The summed E-state index contributed by atoms with van der Waals surface area (Å²) < 4.78 is 0. The van der Waals surface area contributed by atoms with Gasteiger partial charge in [-0.2, -0.15) is 13.5 Å². The summed E-state index contributed by atoms with van der Waals surface area (Å²) in [6.45, 7) is 2.04. The van der Waals surface area contributed by atoms with Crippen LogP contribution in [0.5, 0.6) is 0 Å². The minimum Gasteiger partial charge on any atom is -0.399 e. The molecule has 0 aromatic heterocycles. The number of nitrogen functional groups attached to an aromatic ring is 1. The molecule has 0 amide bonds. The standard InChI is InChI=1S/C7H9N.H2S/c1-6-2-4-7(8)5-3-6;/h2-5H,8H2,1H3;1H2. The van der Waals surface area contributed by atoms with Gasteiger partial charge in [-0.05, 0) is 19.1 Å². The maximum atomic E-state index is 5.43. The van der Waals surface area contributed by atoms with E-state index in [1.54, 1.807) is 0 Å². The van der Waals surface area contributed by atoms with Crippen LogP contribution in [0.4, 0.5) is 5.69 Å². The van der Waals surface area contributed by atoms with E-state index in [0.29, 0.717) is 0 Å². The summed E-state index contributed by atoms with van der Waals surface area (Å²) in [5, 5.41) is 0. The SMILES string of the molecule is Cc1ccc(N)cc1.S. The molecule has 50 valence electrons. The molecular formula is C7H11NS. The summed E-state index contributed by atoms with van der Waals surface area (Å²) in [6, 6.07) is 7.79. The van der Waals surface area contributed by atoms with Crippen molar-refractivity contribution in [2.45, 2.75) is 6.92 Å². The monoisotopic (exact) mass is 141 g/mol. The normalized spacial score (nSPS) is 8.11. The molecule has 1 aromatic rings. The van der Waals surface area contributed by atoms with Crippen LogP contribution in [0.25, 0.3) is 0 Å². The number of benzene rings is 1. The molecule has 0 bridgehead atoms. The van der Waals surface area contributed by atoms with Crippen molar-refractivity contribution in [2.75, 3.05) is 5.73 Å². The average molecular weight is 141 g/mol. The Morgan fingerprint density at radius 3 is 1.89 bits per heavy atom. The van der Waals surface area contributed by atoms with E-state index in [9.17, 15) is 0 Å². The van der Waals surface area contributed by atoms with Crippen molar-refractivity contribution >= 4 is 19.2 Å². The van der Waals surface area contributed by atoms with Crippen LogP contribution in [0.2, 0.25) is 0 Å². The summed E-state index contributed by atoms with van der Waals surface area (Å²) in [7, 11) is 0. The van der Waals surface area contributed by atoms with Crippen LogP contribution < -0.4 is 5.73 Å². The van der Waals surface area contributed by atoms with E-state index in [4.69, 9.17) is 5.73 Å². The number of anilines is 1. The number of hydrogen-bond acceptors (Lipinski definition) is 1. The highest BCUT2D eigenvalue weighted by atomic mass is 32.1. The quantitative estimate of drug-likeness (QED) is 0.547. The Labute approximate surface area is 62.3 Å². The molecule has 0 fully saturated rings. The molecule has 0 unspecified atom stereocenters. The van der Waals surface area contributed by atoms with Crippen LogP contribution in [0, 0.1) is 6.92 Å². The van der Waals surface area contributed by atoms with Crippen molar-refractivity contribution in [3.63, 3.8) is 0 Å². The van der Waals surface area contributed by atoms with Crippen LogP contribution in [0.15, 0.2) is 24.3 Å². The molecule has 1 aromatic carbocycles. The molecule has 0 saturated heterocycles. The topological polar surface area (TPSA) is 26.0 Å². The first-order chi connectivity index (χ1) is 3.79. The fourth-order valence-corrected chi connectivity index (χ4v) is 0.566. The maximum absolute atomic E-state index is 5.43. The molecule has 0 spiro atoms. The smallest absolute Gasteiger partial charge is 0.0314 e. The number of nitrogens with two attached hydrogens (primary N) is 1. The highest BCUT2D eigenvalue weighted by molar-refractivity contribution is 7.59. The van der Waals surface area contributed by atoms with Gasteiger partial charge < -0.3 is 5.73 Å². The van der Waals surface area contributed by atoms with E-state index < -0.39 is 0 Å². The summed E-state index contributed by atoms with van der Waals surface area (Å²) >= 11 is 0. The molecule has 2 heteroatoms. The zero-order valence-electron chi connectivity index (χ0n) is 5.39. The van der Waals surface area contributed by atoms with Gasteiger partial charge in [-0.3, -0.25) is 0 Å². The van der Waals surface area contributed by atoms with Crippen LogP contribution >= 0.6 is 13.5 Å². The fraction of sp³-hybridized carbons (Fsp3) is 0.143. The molecule has 9 heavy (non-hydrogen) atoms. The predicted molar refractivity (Wildman–Crippen MR) is 46.0 cm³/mol. The first kappa shape index (κ1) is 8.37. The Kier molecular flexibility index (Phi) is 3.17. The summed E-state index contributed by atoms with van der Waals surface area (Å²) in [5.74, 6) is 0. The van der Waals surface area contributed by atoms with Crippen LogP contribution in [-0.2, 0) is 0 Å². The Bertz CT molecular complexity index is 148. The first-order valence-electron chi connectivity index (χ1n) is 2.61. The summed E-state index contributed by atoms with van der Waals surface area (Å²) in [5.41, 5.74) is 7.51. The average Bonchev–Trinajstić information content (AvgIpc) is 1.77. The zero-order valence-corrected chi connectivity index (χ0v) is 6.39. The van der Waals surface area contributed by atoms with Crippen LogP contribution in [0.1, 0.15) is 5.56 Å². The van der Waals surface area contributed by atoms with E-state index in [1.807, 2.05) is 31.2 Å². The summed E-state index contributed by atoms with van der Waals surface area (Å²) in [6.07, 6.45) is 0. The minimum atomic E-state index is 0. The highest BCUT2D eigenvalue weighted by Crippen LogP contribution is 2.02. The third kappa shape index (κ3) is 2.42. The number of rotatable bonds is 0. The minimum absolute atomic E-state index is 0. The van der Waals surface area contributed by atoms with Gasteiger partial charge >= 0.3 is 0 Å². The van der Waals surface area contributed by atoms with Crippen molar-refractivity contribution in [3.05, 3.63) is 29.8 Å². The molecule has 0 atom stereocenters. The largest absolute Gasteiger partial charge is 0.399 e. The second-order valence-electron chi connectivity index (χ2n) is 1.91. The fourth-order valence-electron chi connectivity index (χ4n) is 0.566. The van der Waals surface area contributed by atoms with Crippen LogP contribution in [0.3, 0.4) is 0 Å². The molecule has 0 aliphatic carbocycles. The second-order valence-corrected chi connectivity index (χ2v) is 1.91. The van der Waals surface area contributed by atoms with Gasteiger partial charge in [0.2, 0.25) is 0 Å². The van der Waals surface area contributed by atoms with Gasteiger partial charge in [0.05, 0.1) is 0 Å². The highest BCUT2D eigenvalue weighted by Gasteiger charge is 1.80. The lowest BCUT2D eigenvalue weighted by Crippen LogP contribution is -1.81. The van der Waals surface area contributed by atoms with Crippen molar-refractivity contribution < 1.29 is 0 Å². The molecule has 0 aliphatic rings. The Morgan fingerprint density at radius 1 is 1.11 bits per heavy atom. The molecule has 0 saturated carbocycles. The molecule has 1 rings (SSSR count). The number of hydrogen-bond donors (Lipinski definition) is 1. The lowest BCUT2D eigenvalue weighted by Gasteiger charge is -1.90. The van der Waals surface area contributed by atoms with E-state index in [1.165, 1.54) is 5.56 Å². The van der Waals surface area contributed by atoms with Gasteiger partial charge in [0, 0.05) is 5.69 Å². The van der Waals surface area contributed by atoms with E-state index in [2.05, 4.69) is 0 Å². The molecule has 0 heterocycles. The first-order valence-corrected chi connectivity index (χ1v) is 2.61. The Morgan fingerprint density at radius 2 is 1.56 bits per heavy atom. The number of aryl methyl sites for hydroxylation is 1. The van der Waals surface area contributed by atoms with Crippen molar-refractivity contribution in [3.8, 4) is 0 Å². The van der Waals surface area contributed by atoms with Gasteiger partial charge in [-0.15, -0.1) is 0 Å². The molecule has 1 nitrogen and oxygen atoms in total. The molecule has 2 N–H and O–H groups in total. The van der Waals surface area contributed by atoms with Gasteiger partial charge in [0.1, 0.15) is 0 Å². The Hall–Kier alpha value is -0.630. The second kappa shape index (κ2) is 3.41. The molecule has 0 aliphatic heterocycles. The molecule has 0 radical (unpaired) electrons. The predicted octanol–water partition coefficient (Wildman–Crippen LogP) is 1.69. The van der Waals surface area contributed by atoms with Gasteiger partial charge in [0.25, 0.3) is 0 Å². The lowest BCUT2D eigenvalue weighted by atomic mass is 10.2. The lowest BCUT2D eigenvalue weighted by molar-refractivity contribution is 1.47. The van der Waals surface area contributed by atoms with E-state index in [0.717, 1.165) is 5.69 Å². The van der Waals surface area contributed by atoms with Gasteiger partial charge in [-0.1, -0.05) is 17.7 Å². The van der Waals surface area contributed by atoms with E-state index >= 15 is 0 Å². The van der Waals surface area contributed by atoms with Crippen LogP contribution in [-0.4, -0.2) is 0 Å².